The van der Waals surface area contributed by atoms with Crippen LogP contribution in [0.15, 0.2) is 48.5 Å². The van der Waals surface area contributed by atoms with Crippen LogP contribution in [0.1, 0.15) is 52.9 Å². The van der Waals surface area contributed by atoms with Gasteiger partial charge in [-0.15, -0.1) is 0 Å². The molecule has 0 spiro atoms. The van der Waals surface area contributed by atoms with Crippen molar-refractivity contribution in [2.75, 3.05) is 25.2 Å². The first-order valence-electron chi connectivity index (χ1n) is 11.1. The molecule has 1 aliphatic heterocycles. The number of nitrogens with zero attached hydrogens (tertiary/aromatic N) is 4. The minimum atomic E-state index is -0.626. The third-order valence-corrected chi connectivity index (χ3v) is 5.98. The number of hydrogen-bond donors (Lipinski definition) is 0. The van der Waals surface area contributed by atoms with E-state index in [0.29, 0.717) is 41.3 Å². The van der Waals surface area contributed by atoms with Gasteiger partial charge in [0.25, 0.3) is 5.91 Å². The van der Waals surface area contributed by atoms with Gasteiger partial charge in [-0.2, -0.15) is 10.4 Å². The number of carbonyl (C=O) groups is 2. The number of carbonyl (C=O) groups excluding carboxylic acids is 2. The SMILES string of the molecule is CCOC(=O)c1nn(-c2ccc(OC)cc2)c2c1CCN(c1ccc(C(C)(C)C#N)cc1)C2=O. The molecule has 2 aromatic carbocycles. The third-order valence-electron chi connectivity index (χ3n) is 5.98. The zero-order valence-electron chi connectivity index (χ0n) is 19.7. The van der Waals surface area contributed by atoms with Crippen LogP contribution in [0, 0.1) is 11.3 Å². The van der Waals surface area contributed by atoms with Gasteiger partial charge in [-0.1, -0.05) is 12.1 Å². The number of anilines is 1. The smallest absolute Gasteiger partial charge is 0.359 e. The van der Waals surface area contributed by atoms with Gasteiger partial charge in [0.15, 0.2) is 5.69 Å². The standard InChI is InChI=1S/C26H26N4O4/c1-5-34-25(32)22-21-14-15-29(18-8-6-17(7-9-18)26(2,3)16-27)24(31)23(21)30(28-22)19-10-12-20(33-4)13-11-19/h6-13H,5,14-15H2,1-4H3. The number of aromatic nitrogens is 2. The van der Waals surface area contributed by atoms with E-state index < -0.39 is 11.4 Å². The number of amides is 1. The third kappa shape index (κ3) is 4.01. The summed E-state index contributed by atoms with van der Waals surface area (Å²) in [6.07, 6.45) is 0.455. The fourth-order valence-electron chi connectivity index (χ4n) is 4.00. The fraction of sp³-hybridized carbons (Fsp3) is 0.308. The molecule has 0 saturated carbocycles. The molecular formula is C26H26N4O4. The highest BCUT2D eigenvalue weighted by Gasteiger charge is 2.35. The van der Waals surface area contributed by atoms with Crippen LogP contribution >= 0.6 is 0 Å². The Bertz CT molecular complexity index is 1270. The maximum Gasteiger partial charge on any atom is 0.359 e. The number of ether oxygens (including phenoxy) is 2. The first-order valence-corrected chi connectivity index (χ1v) is 11.1. The Balaban J connectivity index is 1.77. The molecule has 8 nitrogen and oxygen atoms in total. The van der Waals surface area contributed by atoms with E-state index in [1.165, 1.54) is 4.68 Å². The largest absolute Gasteiger partial charge is 0.497 e. The molecule has 0 fully saturated rings. The Kier molecular flexibility index (Phi) is 6.12. The molecule has 2 heterocycles. The van der Waals surface area contributed by atoms with Gasteiger partial charge in [0.2, 0.25) is 0 Å². The van der Waals surface area contributed by atoms with Crippen molar-refractivity contribution in [3.05, 3.63) is 71.0 Å². The van der Waals surface area contributed by atoms with Crippen LogP contribution in [0.5, 0.6) is 5.75 Å². The molecular weight excluding hydrogens is 432 g/mol. The lowest BCUT2D eigenvalue weighted by atomic mass is 9.86. The Morgan fingerprint density at radius 2 is 1.76 bits per heavy atom. The molecule has 0 atom stereocenters. The molecule has 0 N–H and O–H groups in total. The summed E-state index contributed by atoms with van der Waals surface area (Å²) in [5.74, 6) is -0.133. The summed E-state index contributed by atoms with van der Waals surface area (Å²) in [6, 6.07) is 16.8. The highest BCUT2D eigenvalue weighted by Crippen LogP contribution is 2.31. The first kappa shape index (κ1) is 23.1. The summed E-state index contributed by atoms with van der Waals surface area (Å²) in [6.45, 7) is 6.05. The number of methoxy groups -OCH3 is 1. The van der Waals surface area contributed by atoms with Crippen LogP contribution in [0.25, 0.3) is 5.69 Å². The fourth-order valence-corrected chi connectivity index (χ4v) is 4.00. The topological polar surface area (TPSA) is 97.4 Å². The average molecular weight is 459 g/mol. The van der Waals surface area contributed by atoms with Crippen molar-refractivity contribution in [1.82, 2.24) is 9.78 Å². The number of nitriles is 1. The van der Waals surface area contributed by atoms with E-state index >= 15 is 0 Å². The van der Waals surface area contributed by atoms with Crippen molar-refractivity contribution < 1.29 is 19.1 Å². The normalized spacial score (nSPS) is 13.3. The summed E-state index contributed by atoms with van der Waals surface area (Å²) in [5, 5.41) is 13.9. The molecule has 8 heteroatoms. The van der Waals surface area contributed by atoms with Crippen molar-refractivity contribution in [1.29, 1.82) is 5.26 Å². The Hall–Kier alpha value is -4.12. The molecule has 4 rings (SSSR count). The Morgan fingerprint density at radius 1 is 1.12 bits per heavy atom. The zero-order valence-corrected chi connectivity index (χ0v) is 19.7. The van der Waals surface area contributed by atoms with Gasteiger partial charge in [-0.25, -0.2) is 9.48 Å². The molecule has 174 valence electrons. The van der Waals surface area contributed by atoms with E-state index in [2.05, 4.69) is 11.2 Å². The number of hydrogen-bond acceptors (Lipinski definition) is 6. The molecule has 1 amide bonds. The number of rotatable bonds is 6. The van der Waals surface area contributed by atoms with Crippen LogP contribution in [0.4, 0.5) is 5.69 Å². The molecule has 0 saturated heterocycles. The van der Waals surface area contributed by atoms with E-state index in [1.807, 2.05) is 38.1 Å². The van der Waals surface area contributed by atoms with Gasteiger partial charge < -0.3 is 14.4 Å². The molecule has 0 aliphatic carbocycles. The summed E-state index contributed by atoms with van der Waals surface area (Å²) in [4.78, 5) is 28.0. The average Bonchev–Trinajstić information content (AvgIpc) is 3.25. The number of fused-ring (bicyclic) bond motifs is 1. The second-order valence-electron chi connectivity index (χ2n) is 8.50. The van der Waals surface area contributed by atoms with Crippen LogP contribution in [0.2, 0.25) is 0 Å². The lowest BCUT2D eigenvalue weighted by Crippen LogP contribution is -2.39. The van der Waals surface area contributed by atoms with Crippen LogP contribution in [0.3, 0.4) is 0 Å². The van der Waals surface area contributed by atoms with E-state index in [1.54, 1.807) is 43.2 Å². The maximum atomic E-state index is 13.7. The summed E-state index contributed by atoms with van der Waals surface area (Å²) in [5.41, 5.74) is 2.67. The summed E-state index contributed by atoms with van der Waals surface area (Å²) in [7, 11) is 1.58. The second kappa shape index (κ2) is 9.02. The van der Waals surface area contributed by atoms with Crippen LogP contribution in [-0.4, -0.2) is 41.9 Å². The molecule has 34 heavy (non-hydrogen) atoms. The molecule has 0 radical (unpaired) electrons. The van der Waals surface area contributed by atoms with E-state index in [9.17, 15) is 14.9 Å². The van der Waals surface area contributed by atoms with Crippen LogP contribution in [-0.2, 0) is 16.6 Å². The van der Waals surface area contributed by atoms with E-state index in [-0.39, 0.29) is 18.2 Å². The second-order valence-corrected chi connectivity index (χ2v) is 8.50. The van der Waals surface area contributed by atoms with Gasteiger partial charge in [0.05, 0.1) is 30.9 Å². The summed E-state index contributed by atoms with van der Waals surface area (Å²) < 4.78 is 11.9. The van der Waals surface area contributed by atoms with Crippen molar-refractivity contribution in [2.45, 2.75) is 32.6 Å². The Labute approximate surface area is 198 Å². The maximum absolute atomic E-state index is 13.7. The quantitative estimate of drug-likeness (QED) is 0.517. The lowest BCUT2D eigenvalue weighted by molar-refractivity contribution is 0.0517. The monoisotopic (exact) mass is 458 g/mol. The minimum Gasteiger partial charge on any atom is -0.497 e. The van der Waals surface area contributed by atoms with E-state index in [0.717, 1.165) is 5.56 Å². The highest BCUT2D eigenvalue weighted by atomic mass is 16.5. The van der Waals surface area contributed by atoms with Crippen molar-refractivity contribution in [3.8, 4) is 17.5 Å². The van der Waals surface area contributed by atoms with Gasteiger partial charge in [0, 0.05) is 17.8 Å². The molecule has 3 aromatic rings. The van der Waals surface area contributed by atoms with Gasteiger partial charge in [-0.3, -0.25) is 4.79 Å². The molecule has 1 aromatic heterocycles. The van der Waals surface area contributed by atoms with Gasteiger partial charge in [0.1, 0.15) is 11.4 Å². The summed E-state index contributed by atoms with van der Waals surface area (Å²) >= 11 is 0. The van der Waals surface area contributed by atoms with Gasteiger partial charge in [-0.05, 0) is 69.2 Å². The van der Waals surface area contributed by atoms with Crippen molar-refractivity contribution in [2.24, 2.45) is 0 Å². The molecule has 0 unspecified atom stereocenters. The zero-order chi connectivity index (χ0) is 24.5. The lowest BCUT2D eigenvalue weighted by Gasteiger charge is -2.28. The van der Waals surface area contributed by atoms with Crippen molar-refractivity contribution >= 4 is 17.6 Å². The van der Waals surface area contributed by atoms with Gasteiger partial charge >= 0.3 is 5.97 Å². The Morgan fingerprint density at radius 3 is 2.35 bits per heavy atom. The molecule has 0 bridgehead atoms. The predicted molar refractivity (Wildman–Crippen MR) is 127 cm³/mol. The van der Waals surface area contributed by atoms with E-state index in [4.69, 9.17) is 9.47 Å². The molecule has 1 aliphatic rings. The number of benzene rings is 2. The first-order chi connectivity index (χ1) is 16.3. The predicted octanol–water partition coefficient (Wildman–Crippen LogP) is 4.06. The van der Waals surface area contributed by atoms with Crippen molar-refractivity contribution in [3.63, 3.8) is 0 Å². The number of esters is 1. The van der Waals surface area contributed by atoms with Crippen LogP contribution < -0.4 is 9.64 Å². The highest BCUT2D eigenvalue weighted by molar-refractivity contribution is 6.09. The minimum absolute atomic E-state index is 0.159.